The molecule has 0 bridgehead atoms. The van der Waals surface area contributed by atoms with E-state index in [1.165, 1.54) is 0 Å². The van der Waals surface area contributed by atoms with E-state index < -0.39 is 0 Å². The zero-order chi connectivity index (χ0) is 20.8. The number of aliphatic hydroxyl groups is 1. The average Bonchev–Trinajstić information content (AvgIpc) is 2.75. The maximum atomic E-state index is 9.74. The minimum absolute atomic E-state index is 0.117. The molecule has 1 aliphatic carbocycles. The number of rotatable bonds is 3. The number of fused-ring (bicyclic) bond motifs is 1. The van der Waals surface area contributed by atoms with Crippen LogP contribution in [-0.2, 0) is 0 Å². The average molecular weight is 396 g/mol. The summed E-state index contributed by atoms with van der Waals surface area (Å²) in [5.74, 6) is 0.577. The summed E-state index contributed by atoms with van der Waals surface area (Å²) in [6, 6.07) is 7.02. The van der Waals surface area contributed by atoms with Crippen molar-refractivity contribution in [2.75, 3.05) is 18.0 Å². The van der Waals surface area contributed by atoms with Crippen LogP contribution in [0.3, 0.4) is 0 Å². The van der Waals surface area contributed by atoms with E-state index >= 15 is 0 Å². The summed E-state index contributed by atoms with van der Waals surface area (Å²) in [7, 11) is 0. The van der Waals surface area contributed by atoms with Gasteiger partial charge in [-0.2, -0.15) is 5.26 Å². The Kier molecular flexibility index (Phi) is 7.40. The second-order valence-corrected chi connectivity index (χ2v) is 8.11. The van der Waals surface area contributed by atoms with Crippen molar-refractivity contribution in [2.45, 2.75) is 71.1 Å². The Morgan fingerprint density at radius 1 is 1.03 bits per heavy atom. The van der Waals surface area contributed by atoms with Gasteiger partial charge in [0.1, 0.15) is 17.1 Å². The highest BCUT2D eigenvalue weighted by Gasteiger charge is 2.29. The Labute approximate surface area is 174 Å². The number of aromatic nitrogens is 2. The number of nitrogens with zero attached hydrogens (tertiary/aromatic N) is 4. The molecule has 2 aliphatic rings. The van der Waals surface area contributed by atoms with Crippen molar-refractivity contribution >= 4 is 16.7 Å². The number of hydrogen-bond acceptors (Lipinski definition) is 6. The minimum atomic E-state index is -0.117. The third kappa shape index (κ3) is 5.04. The molecule has 2 aromatic rings. The molecule has 2 atom stereocenters. The molecule has 0 spiro atoms. The van der Waals surface area contributed by atoms with Crippen molar-refractivity contribution in [2.24, 2.45) is 5.92 Å². The molecule has 6 heteroatoms. The maximum absolute atomic E-state index is 9.74. The van der Waals surface area contributed by atoms with Crippen LogP contribution in [0.1, 0.15) is 58.4 Å². The van der Waals surface area contributed by atoms with Crippen molar-refractivity contribution in [1.82, 2.24) is 15.3 Å². The van der Waals surface area contributed by atoms with Crippen molar-refractivity contribution < 1.29 is 5.11 Å². The lowest BCUT2D eigenvalue weighted by Crippen LogP contribution is -2.52. The largest absolute Gasteiger partial charge is 0.393 e. The minimum Gasteiger partial charge on any atom is -0.393 e. The molecular formula is C23H33N5O. The van der Waals surface area contributed by atoms with Crippen LogP contribution < -0.4 is 10.2 Å². The molecule has 4 rings (SSSR count). The van der Waals surface area contributed by atoms with Gasteiger partial charge in [0.05, 0.1) is 17.4 Å². The van der Waals surface area contributed by atoms with Gasteiger partial charge in [0.25, 0.3) is 0 Å². The van der Waals surface area contributed by atoms with Crippen LogP contribution in [0.5, 0.6) is 0 Å². The molecule has 2 N–H and O–H groups in total. The van der Waals surface area contributed by atoms with Gasteiger partial charge in [-0.05, 0) is 50.2 Å². The summed E-state index contributed by atoms with van der Waals surface area (Å²) in [5, 5.41) is 22.9. The van der Waals surface area contributed by atoms with E-state index in [0.29, 0.717) is 29.1 Å². The molecule has 1 aromatic carbocycles. The van der Waals surface area contributed by atoms with Gasteiger partial charge in [-0.3, -0.25) is 9.97 Å². The van der Waals surface area contributed by atoms with E-state index in [1.54, 1.807) is 12.4 Å². The molecule has 0 radical (unpaired) electrons. The van der Waals surface area contributed by atoms with Crippen LogP contribution in [-0.4, -0.2) is 46.4 Å². The number of benzene rings is 1. The molecule has 29 heavy (non-hydrogen) atoms. The Balaban J connectivity index is 0.00000117. The number of hydrogen-bond donors (Lipinski definition) is 2. The molecule has 2 fully saturated rings. The number of nitrogens with one attached hydrogen (secondary N) is 1. The highest BCUT2D eigenvalue weighted by atomic mass is 16.3. The topological polar surface area (TPSA) is 85.1 Å². The lowest BCUT2D eigenvalue weighted by Gasteiger charge is -2.41. The van der Waals surface area contributed by atoms with Gasteiger partial charge in [-0.25, -0.2) is 0 Å². The maximum Gasteiger partial charge on any atom is 0.113 e. The highest BCUT2D eigenvalue weighted by Crippen LogP contribution is 2.30. The molecule has 2 heterocycles. The van der Waals surface area contributed by atoms with E-state index in [9.17, 15) is 10.4 Å². The quantitative estimate of drug-likeness (QED) is 0.825. The number of piperidine rings is 1. The standard InChI is InChI=1S/C21H27N5O.C2H6/c1-14-10-17(25-16-3-5-18(27)6-4-16)13-26(12-14)19-7-2-15(11-22)20-21(19)24-9-8-23-20;1-2/h2,7-9,14,16-18,25,27H,3-6,10,12-13H2,1H3;1-2H3. The van der Waals surface area contributed by atoms with Crippen LogP contribution in [0.4, 0.5) is 5.69 Å². The predicted molar refractivity (Wildman–Crippen MR) is 117 cm³/mol. The van der Waals surface area contributed by atoms with E-state index in [-0.39, 0.29) is 6.10 Å². The van der Waals surface area contributed by atoms with E-state index in [2.05, 4.69) is 33.2 Å². The second kappa shape index (κ2) is 10.00. The first-order valence-electron chi connectivity index (χ1n) is 11.0. The van der Waals surface area contributed by atoms with Gasteiger partial charge in [-0.1, -0.05) is 20.8 Å². The van der Waals surface area contributed by atoms with Gasteiger partial charge in [-0.15, -0.1) is 0 Å². The normalized spacial score (nSPS) is 27.1. The molecule has 156 valence electrons. The van der Waals surface area contributed by atoms with Gasteiger partial charge in [0.2, 0.25) is 0 Å². The number of anilines is 1. The Morgan fingerprint density at radius 3 is 2.41 bits per heavy atom. The summed E-state index contributed by atoms with van der Waals surface area (Å²) in [6.07, 6.45) is 8.30. The van der Waals surface area contributed by atoms with Crippen LogP contribution in [0.25, 0.3) is 11.0 Å². The Morgan fingerprint density at radius 2 is 1.72 bits per heavy atom. The Hall–Kier alpha value is -2.23. The fourth-order valence-electron chi connectivity index (χ4n) is 4.63. The third-order valence-corrected chi connectivity index (χ3v) is 5.89. The zero-order valence-electron chi connectivity index (χ0n) is 17.8. The van der Waals surface area contributed by atoms with Gasteiger partial charge < -0.3 is 15.3 Å². The number of nitriles is 1. The molecule has 2 unspecified atom stereocenters. The smallest absolute Gasteiger partial charge is 0.113 e. The Bertz CT molecular complexity index is 841. The molecular weight excluding hydrogens is 362 g/mol. The molecule has 6 nitrogen and oxygen atoms in total. The lowest BCUT2D eigenvalue weighted by molar-refractivity contribution is 0.112. The summed E-state index contributed by atoms with van der Waals surface area (Å²) in [6.45, 7) is 8.21. The first-order chi connectivity index (χ1) is 14.1. The van der Waals surface area contributed by atoms with Gasteiger partial charge in [0, 0.05) is 37.6 Å². The SMILES string of the molecule is CC.CC1CC(NC2CCC(O)CC2)CN(c2ccc(C#N)c3nccnc23)C1. The van der Waals surface area contributed by atoms with Crippen molar-refractivity contribution in [3.8, 4) is 6.07 Å². The van der Waals surface area contributed by atoms with Gasteiger partial charge in [0.15, 0.2) is 0 Å². The predicted octanol–water partition coefficient (Wildman–Crippen LogP) is 3.64. The molecule has 1 saturated carbocycles. The van der Waals surface area contributed by atoms with Crippen LogP contribution in [0, 0.1) is 17.2 Å². The first kappa shape index (κ1) is 21.5. The molecule has 1 aromatic heterocycles. The molecule has 0 amide bonds. The van der Waals surface area contributed by atoms with Crippen molar-refractivity contribution in [3.63, 3.8) is 0 Å². The van der Waals surface area contributed by atoms with E-state index in [4.69, 9.17) is 0 Å². The third-order valence-electron chi connectivity index (χ3n) is 5.89. The van der Waals surface area contributed by atoms with Crippen LogP contribution in [0.2, 0.25) is 0 Å². The van der Waals surface area contributed by atoms with Crippen LogP contribution >= 0.6 is 0 Å². The summed E-state index contributed by atoms with van der Waals surface area (Å²) >= 11 is 0. The zero-order valence-corrected chi connectivity index (χ0v) is 17.8. The van der Waals surface area contributed by atoms with Gasteiger partial charge >= 0.3 is 0 Å². The first-order valence-corrected chi connectivity index (χ1v) is 11.0. The second-order valence-electron chi connectivity index (χ2n) is 8.11. The summed E-state index contributed by atoms with van der Waals surface area (Å²) < 4.78 is 0. The van der Waals surface area contributed by atoms with E-state index in [0.717, 1.165) is 56.4 Å². The van der Waals surface area contributed by atoms with Crippen molar-refractivity contribution in [1.29, 1.82) is 5.26 Å². The fourth-order valence-corrected chi connectivity index (χ4v) is 4.63. The number of aliphatic hydroxyl groups excluding tert-OH is 1. The summed E-state index contributed by atoms with van der Waals surface area (Å²) in [5.41, 5.74) is 3.13. The fraction of sp³-hybridized carbons (Fsp3) is 0.609. The lowest BCUT2D eigenvalue weighted by atomic mass is 9.90. The monoisotopic (exact) mass is 395 g/mol. The van der Waals surface area contributed by atoms with E-state index in [1.807, 2.05) is 26.0 Å². The summed E-state index contributed by atoms with van der Waals surface area (Å²) in [4.78, 5) is 11.3. The molecule has 1 aliphatic heterocycles. The van der Waals surface area contributed by atoms with Crippen LogP contribution in [0.15, 0.2) is 24.5 Å². The van der Waals surface area contributed by atoms with Crippen molar-refractivity contribution in [3.05, 3.63) is 30.1 Å². The molecule has 1 saturated heterocycles. The highest BCUT2D eigenvalue weighted by molar-refractivity contribution is 5.92.